The summed E-state index contributed by atoms with van der Waals surface area (Å²) in [7, 11) is 0. The molecule has 5 heteroatoms. The van der Waals surface area contributed by atoms with Crippen molar-refractivity contribution in [1.82, 2.24) is 5.32 Å². The summed E-state index contributed by atoms with van der Waals surface area (Å²) in [4.78, 5) is 13.9. The van der Waals surface area contributed by atoms with E-state index in [4.69, 9.17) is 11.6 Å². The second-order valence-corrected chi connectivity index (χ2v) is 11.0. The Morgan fingerprint density at radius 3 is 2.56 bits per heavy atom. The molecule has 0 spiro atoms. The number of benzene rings is 2. The Kier molecular flexibility index (Phi) is 7.04. The highest BCUT2D eigenvalue weighted by molar-refractivity contribution is 7.14. The molecule has 1 aromatic heterocycles. The van der Waals surface area contributed by atoms with Gasteiger partial charge in [0, 0.05) is 23.4 Å². The molecule has 0 saturated heterocycles. The van der Waals surface area contributed by atoms with Crippen molar-refractivity contribution in [3.63, 3.8) is 0 Å². The summed E-state index contributed by atoms with van der Waals surface area (Å²) in [6, 6.07) is 14.6. The van der Waals surface area contributed by atoms with Crippen molar-refractivity contribution in [2.75, 3.05) is 18.4 Å². The minimum atomic E-state index is -0.0151. The molecule has 2 heterocycles. The number of nitrogens with one attached hydrogen (secondary N) is 2. The van der Waals surface area contributed by atoms with Gasteiger partial charge in [0.05, 0.1) is 10.7 Å². The summed E-state index contributed by atoms with van der Waals surface area (Å²) in [5, 5.41) is 9.84. The quantitative estimate of drug-likeness (QED) is 0.384. The van der Waals surface area contributed by atoms with E-state index in [-0.39, 0.29) is 11.2 Å². The van der Waals surface area contributed by atoms with Crippen LogP contribution in [-0.4, -0.2) is 18.9 Å². The van der Waals surface area contributed by atoms with Crippen molar-refractivity contribution in [3.05, 3.63) is 75.1 Å². The molecule has 0 unspecified atom stereocenters. The van der Waals surface area contributed by atoms with Gasteiger partial charge in [-0.25, -0.2) is 0 Å². The first-order valence-corrected chi connectivity index (χ1v) is 12.5. The number of Topliss-reactive ketones (excluding diaryl/α,β-unsaturated/α-hetero) is 1. The van der Waals surface area contributed by atoms with E-state index in [1.54, 1.807) is 11.3 Å². The number of thiophene rings is 1. The number of rotatable bonds is 6. The molecule has 0 fully saturated rings. The fourth-order valence-corrected chi connectivity index (χ4v) is 5.39. The van der Waals surface area contributed by atoms with Crippen molar-refractivity contribution in [3.8, 4) is 10.4 Å². The molecular weight excluding hydrogens is 436 g/mol. The zero-order valence-electron chi connectivity index (χ0n) is 19.1. The number of carbonyl (C=O) groups is 1. The molecule has 4 rings (SSSR count). The van der Waals surface area contributed by atoms with Crippen molar-refractivity contribution in [1.29, 1.82) is 0 Å². The van der Waals surface area contributed by atoms with Crippen LogP contribution in [0.5, 0.6) is 0 Å². The Labute approximate surface area is 200 Å². The maximum Gasteiger partial charge on any atom is 0.164 e. The van der Waals surface area contributed by atoms with E-state index in [2.05, 4.69) is 61.7 Å². The fraction of sp³-hybridized carbons (Fsp3) is 0.370. The Hall–Kier alpha value is -2.14. The van der Waals surface area contributed by atoms with Crippen LogP contribution in [0.2, 0.25) is 5.02 Å². The summed E-state index contributed by atoms with van der Waals surface area (Å²) in [5.74, 6) is 0.216. The van der Waals surface area contributed by atoms with Crippen molar-refractivity contribution in [2.45, 2.75) is 46.6 Å². The van der Waals surface area contributed by atoms with Gasteiger partial charge >= 0.3 is 0 Å². The first kappa shape index (κ1) is 23.0. The van der Waals surface area contributed by atoms with E-state index in [0.29, 0.717) is 13.0 Å². The van der Waals surface area contributed by atoms with Crippen LogP contribution in [0.25, 0.3) is 10.4 Å². The fourth-order valence-electron chi connectivity index (χ4n) is 4.23. The van der Waals surface area contributed by atoms with Gasteiger partial charge in [-0.1, -0.05) is 62.7 Å². The van der Waals surface area contributed by atoms with Crippen LogP contribution in [-0.2, 0) is 19.4 Å². The molecule has 2 N–H and O–H groups in total. The largest absolute Gasteiger partial charge is 0.380 e. The lowest BCUT2D eigenvalue weighted by Gasteiger charge is -2.17. The summed E-state index contributed by atoms with van der Waals surface area (Å²) in [6.45, 7) is 9.02. The predicted octanol–water partition coefficient (Wildman–Crippen LogP) is 6.99. The minimum Gasteiger partial charge on any atom is -0.380 e. The summed E-state index contributed by atoms with van der Waals surface area (Å²) in [5.41, 5.74) is 6.88. The molecular formula is C27H31ClN2OS. The second kappa shape index (κ2) is 9.78. The first-order chi connectivity index (χ1) is 15.3. The Morgan fingerprint density at radius 2 is 1.81 bits per heavy atom. The van der Waals surface area contributed by atoms with Crippen molar-refractivity contribution in [2.24, 2.45) is 5.41 Å². The van der Waals surface area contributed by atoms with Gasteiger partial charge in [-0.3, -0.25) is 4.79 Å². The van der Waals surface area contributed by atoms with Gasteiger partial charge in [-0.15, -0.1) is 11.3 Å². The van der Waals surface area contributed by atoms with Crippen LogP contribution in [0.15, 0.2) is 47.8 Å². The number of halogens is 1. The van der Waals surface area contributed by atoms with Crippen LogP contribution in [0.4, 0.5) is 5.69 Å². The Bertz CT molecular complexity index is 1100. The number of fused-ring (bicyclic) bond motifs is 1. The average Bonchev–Trinajstić information content (AvgIpc) is 3.11. The zero-order chi connectivity index (χ0) is 22.7. The Morgan fingerprint density at radius 1 is 1.06 bits per heavy atom. The average molecular weight is 467 g/mol. The molecule has 168 valence electrons. The van der Waals surface area contributed by atoms with Crippen LogP contribution in [0.1, 0.15) is 54.2 Å². The number of hydrogen-bond acceptors (Lipinski definition) is 4. The third kappa shape index (κ3) is 5.43. The van der Waals surface area contributed by atoms with E-state index in [1.807, 2.05) is 17.5 Å². The summed E-state index contributed by atoms with van der Waals surface area (Å²) < 4.78 is 0. The lowest BCUT2D eigenvalue weighted by atomic mass is 9.87. The molecule has 0 atom stereocenters. The monoisotopic (exact) mass is 466 g/mol. The number of ketones is 1. The van der Waals surface area contributed by atoms with Crippen LogP contribution in [0, 0.1) is 5.41 Å². The van der Waals surface area contributed by atoms with Gasteiger partial charge in [0.1, 0.15) is 0 Å². The van der Waals surface area contributed by atoms with E-state index < -0.39 is 0 Å². The topological polar surface area (TPSA) is 41.1 Å². The van der Waals surface area contributed by atoms with Crippen molar-refractivity contribution >= 4 is 34.4 Å². The molecule has 0 amide bonds. The van der Waals surface area contributed by atoms with Gasteiger partial charge < -0.3 is 10.6 Å². The van der Waals surface area contributed by atoms with E-state index in [1.165, 1.54) is 16.7 Å². The third-order valence-corrected chi connectivity index (χ3v) is 7.10. The number of anilines is 1. The van der Waals surface area contributed by atoms with Gasteiger partial charge in [0.2, 0.25) is 0 Å². The SMILES string of the molecule is CC(C)(C)CC(=O)c1ccsc1-c1ccc(CNc2c(Cl)ccc3c2CCNCC3)cc1. The summed E-state index contributed by atoms with van der Waals surface area (Å²) >= 11 is 8.19. The first-order valence-electron chi connectivity index (χ1n) is 11.3. The molecule has 0 bridgehead atoms. The molecule has 0 radical (unpaired) electrons. The molecule has 2 aromatic carbocycles. The van der Waals surface area contributed by atoms with Gasteiger partial charge in [0.15, 0.2) is 5.78 Å². The molecule has 32 heavy (non-hydrogen) atoms. The second-order valence-electron chi connectivity index (χ2n) is 9.68. The highest BCUT2D eigenvalue weighted by Crippen LogP contribution is 2.34. The lowest BCUT2D eigenvalue weighted by molar-refractivity contribution is 0.0941. The molecule has 0 aliphatic carbocycles. The number of carbonyl (C=O) groups excluding carboxylic acids is 1. The highest BCUT2D eigenvalue weighted by Gasteiger charge is 2.21. The third-order valence-electron chi connectivity index (χ3n) is 5.82. The van der Waals surface area contributed by atoms with E-state index >= 15 is 0 Å². The van der Waals surface area contributed by atoms with Crippen molar-refractivity contribution < 1.29 is 4.79 Å². The van der Waals surface area contributed by atoms with Crippen LogP contribution < -0.4 is 10.6 Å². The molecule has 3 aromatic rings. The van der Waals surface area contributed by atoms with E-state index in [9.17, 15) is 4.79 Å². The van der Waals surface area contributed by atoms with E-state index in [0.717, 1.165) is 52.6 Å². The van der Waals surface area contributed by atoms with Crippen LogP contribution in [0.3, 0.4) is 0 Å². The standard InChI is InChI=1S/C27H31ClN2OS/c1-27(2,3)16-24(31)22-12-15-32-26(22)20-6-4-18(5-7-20)17-30-25-21-11-14-29-13-10-19(21)8-9-23(25)28/h4-9,12,15,29-30H,10-11,13-14,16-17H2,1-3H3. The molecule has 3 nitrogen and oxygen atoms in total. The predicted molar refractivity (Wildman–Crippen MR) is 137 cm³/mol. The summed E-state index contributed by atoms with van der Waals surface area (Å²) in [6.07, 6.45) is 2.57. The minimum absolute atomic E-state index is 0.0151. The number of hydrogen-bond donors (Lipinski definition) is 2. The van der Waals surface area contributed by atoms with Gasteiger partial charge in [0.25, 0.3) is 0 Å². The molecule has 1 aliphatic rings. The normalized spacial score (nSPS) is 14.0. The highest BCUT2D eigenvalue weighted by atomic mass is 35.5. The van der Waals surface area contributed by atoms with Gasteiger partial charge in [-0.2, -0.15) is 0 Å². The van der Waals surface area contributed by atoms with Gasteiger partial charge in [-0.05, 0) is 71.1 Å². The molecule has 0 saturated carbocycles. The molecule has 1 aliphatic heterocycles. The smallest absolute Gasteiger partial charge is 0.164 e. The lowest BCUT2D eigenvalue weighted by Crippen LogP contribution is -2.16. The Balaban J connectivity index is 1.49. The zero-order valence-corrected chi connectivity index (χ0v) is 20.6. The maximum absolute atomic E-state index is 12.8. The van der Waals surface area contributed by atoms with Crippen LogP contribution >= 0.6 is 22.9 Å². The maximum atomic E-state index is 12.8.